The number of benzene rings is 1. The van der Waals surface area contributed by atoms with Crippen LogP contribution in [0.4, 0.5) is 0 Å². The maximum Gasteiger partial charge on any atom is 0.305 e. The molecule has 2 rings (SSSR count). The van der Waals surface area contributed by atoms with Gasteiger partial charge in [0, 0.05) is 44.7 Å². The van der Waals surface area contributed by atoms with Crippen molar-refractivity contribution in [3.05, 3.63) is 35.9 Å². The Labute approximate surface area is 205 Å². The molecule has 1 saturated heterocycles. The molecule has 7 heteroatoms. The van der Waals surface area contributed by atoms with E-state index in [-0.39, 0.29) is 29.9 Å². The van der Waals surface area contributed by atoms with Crippen LogP contribution in [0.3, 0.4) is 0 Å². The highest BCUT2D eigenvalue weighted by atomic mass is 127. The number of nitrogens with one attached hydrogen (secondary N) is 2. The third kappa shape index (κ3) is 11.2. The Morgan fingerprint density at radius 3 is 2.61 bits per heavy atom. The summed E-state index contributed by atoms with van der Waals surface area (Å²) in [5, 5.41) is 7.03. The average molecular weight is 545 g/mol. The molecule has 1 aromatic carbocycles. The number of rotatable bonds is 11. The zero-order valence-corrected chi connectivity index (χ0v) is 21.8. The standard InChI is InChI=1S/C24H40N4O2.HI/c1-4-25-24(26-16-11-6-5-10-14-23(29)30-3)27-22-15-17-28(20(2)18-22)19-21-12-8-7-9-13-21;/h7-9,12-13,20,22H,4-6,10-11,14-19H2,1-3H3,(H2,25,26,27);1H. The highest BCUT2D eigenvalue weighted by molar-refractivity contribution is 14.0. The topological polar surface area (TPSA) is 66.0 Å². The highest BCUT2D eigenvalue weighted by Gasteiger charge is 2.25. The van der Waals surface area contributed by atoms with Gasteiger partial charge in [0.1, 0.15) is 0 Å². The molecule has 2 N–H and O–H groups in total. The highest BCUT2D eigenvalue weighted by Crippen LogP contribution is 2.20. The molecule has 2 atom stereocenters. The van der Waals surface area contributed by atoms with Crippen molar-refractivity contribution >= 4 is 35.9 Å². The van der Waals surface area contributed by atoms with Crippen molar-refractivity contribution in [3.63, 3.8) is 0 Å². The monoisotopic (exact) mass is 544 g/mol. The van der Waals surface area contributed by atoms with Crippen molar-refractivity contribution in [1.29, 1.82) is 0 Å². The summed E-state index contributed by atoms with van der Waals surface area (Å²) < 4.78 is 4.67. The summed E-state index contributed by atoms with van der Waals surface area (Å²) in [4.78, 5) is 18.5. The molecule has 0 bridgehead atoms. The number of ether oxygens (including phenoxy) is 1. The summed E-state index contributed by atoms with van der Waals surface area (Å²) in [5.74, 6) is 0.816. The van der Waals surface area contributed by atoms with Crippen molar-refractivity contribution in [1.82, 2.24) is 15.5 Å². The number of carbonyl (C=O) groups excluding carboxylic acids is 1. The molecular formula is C24H41IN4O2. The molecule has 31 heavy (non-hydrogen) atoms. The summed E-state index contributed by atoms with van der Waals surface area (Å²) >= 11 is 0. The van der Waals surface area contributed by atoms with E-state index in [0.29, 0.717) is 18.5 Å². The van der Waals surface area contributed by atoms with Gasteiger partial charge in [-0.05, 0) is 45.1 Å². The summed E-state index contributed by atoms with van der Waals surface area (Å²) in [6, 6.07) is 11.7. The molecule has 6 nitrogen and oxygen atoms in total. The molecule has 0 aliphatic carbocycles. The molecule has 1 aliphatic rings. The molecule has 1 aromatic rings. The third-order valence-electron chi connectivity index (χ3n) is 5.71. The van der Waals surface area contributed by atoms with Crippen LogP contribution in [0.25, 0.3) is 0 Å². The molecule has 1 aliphatic heterocycles. The van der Waals surface area contributed by atoms with E-state index in [0.717, 1.165) is 70.7 Å². The van der Waals surface area contributed by atoms with Crippen LogP contribution in [0.2, 0.25) is 0 Å². The molecule has 176 valence electrons. The van der Waals surface area contributed by atoms with Crippen molar-refractivity contribution in [2.45, 2.75) is 77.4 Å². The first kappa shape index (κ1) is 27.7. The Morgan fingerprint density at radius 1 is 1.19 bits per heavy atom. The van der Waals surface area contributed by atoms with Gasteiger partial charge in [-0.25, -0.2) is 0 Å². The summed E-state index contributed by atoms with van der Waals surface area (Å²) in [5.41, 5.74) is 1.39. The van der Waals surface area contributed by atoms with Gasteiger partial charge in [0.05, 0.1) is 7.11 Å². The maximum atomic E-state index is 11.1. The number of nitrogens with zero attached hydrogens (tertiary/aromatic N) is 2. The lowest BCUT2D eigenvalue weighted by atomic mass is 9.97. The van der Waals surface area contributed by atoms with Crippen LogP contribution in [-0.4, -0.2) is 55.7 Å². The molecule has 0 amide bonds. The van der Waals surface area contributed by atoms with Gasteiger partial charge in [-0.1, -0.05) is 43.2 Å². The van der Waals surface area contributed by atoms with Gasteiger partial charge < -0.3 is 15.4 Å². The number of unbranched alkanes of at least 4 members (excludes halogenated alkanes) is 3. The van der Waals surface area contributed by atoms with Gasteiger partial charge in [0.2, 0.25) is 0 Å². The molecule has 0 aromatic heterocycles. The zero-order chi connectivity index (χ0) is 21.6. The number of piperidine rings is 1. The summed E-state index contributed by atoms with van der Waals surface area (Å²) in [6.07, 6.45) is 6.86. The zero-order valence-electron chi connectivity index (χ0n) is 19.4. The number of carbonyl (C=O) groups is 1. The third-order valence-corrected chi connectivity index (χ3v) is 5.71. The molecule has 1 heterocycles. The minimum absolute atomic E-state index is 0. The van der Waals surface area contributed by atoms with Gasteiger partial charge in [0.15, 0.2) is 5.96 Å². The van der Waals surface area contributed by atoms with Crippen molar-refractivity contribution in [3.8, 4) is 0 Å². The van der Waals surface area contributed by atoms with Crippen LogP contribution in [0.1, 0.15) is 64.4 Å². The number of aliphatic imine (C=N–C) groups is 1. The lowest BCUT2D eigenvalue weighted by Crippen LogP contribution is -2.51. The Balaban J connectivity index is 0.00000480. The lowest BCUT2D eigenvalue weighted by Gasteiger charge is -2.38. The van der Waals surface area contributed by atoms with E-state index in [4.69, 9.17) is 4.99 Å². The lowest BCUT2D eigenvalue weighted by molar-refractivity contribution is -0.140. The first-order valence-corrected chi connectivity index (χ1v) is 11.5. The van der Waals surface area contributed by atoms with Crippen molar-refractivity contribution in [2.75, 3.05) is 26.7 Å². The van der Waals surface area contributed by atoms with Crippen LogP contribution < -0.4 is 10.6 Å². The van der Waals surface area contributed by atoms with E-state index in [1.807, 2.05) is 0 Å². The Morgan fingerprint density at radius 2 is 1.94 bits per heavy atom. The molecular weight excluding hydrogens is 503 g/mol. The van der Waals surface area contributed by atoms with E-state index in [1.165, 1.54) is 12.7 Å². The fourth-order valence-corrected chi connectivity index (χ4v) is 3.95. The molecule has 0 radical (unpaired) electrons. The second kappa shape index (κ2) is 16.3. The molecule has 0 saturated carbocycles. The SMILES string of the molecule is CCNC(=NCCCCCCC(=O)OC)NC1CCN(Cc2ccccc2)C(C)C1.I. The van der Waals surface area contributed by atoms with Crippen LogP contribution in [0.15, 0.2) is 35.3 Å². The van der Waals surface area contributed by atoms with Crippen molar-refractivity contribution in [2.24, 2.45) is 4.99 Å². The normalized spacial score (nSPS) is 19.4. The maximum absolute atomic E-state index is 11.1. The second-order valence-corrected chi connectivity index (χ2v) is 8.17. The van der Waals surface area contributed by atoms with Gasteiger partial charge in [-0.3, -0.25) is 14.7 Å². The molecule has 2 unspecified atom stereocenters. The Kier molecular flexibility index (Phi) is 14.6. The fraction of sp³-hybridized carbons (Fsp3) is 0.667. The van der Waals surface area contributed by atoms with E-state index in [1.54, 1.807) is 0 Å². The van der Waals surface area contributed by atoms with E-state index >= 15 is 0 Å². The number of likely N-dealkylation sites (tertiary alicyclic amines) is 1. The minimum atomic E-state index is -0.115. The summed E-state index contributed by atoms with van der Waals surface area (Å²) in [7, 11) is 1.44. The largest absolute Gasteiger partial charge is 0.469 e. The van der Waals surface area contributed by atoms with Crippen LogP contribution in [0.5, 0.6) is 0 Å². The van der Waals surface area contributed by atoms with E-state index < -0.39 is 0 Å². The van der Waals surface area contributed by atoms with E-state index in [2.05, 4.69) is 64.4 Å². The minimum Gasteiger partial charge on any atom is -0.469 e. The van der Waals surface area contributed by atoms with Gasteiger partial charge in [0.25, 0.3) is 0 Å². The summed E-state index contributed by atoms with van der Waals surface area (Å²) in [6.45, 7) is 8.25. The number of halogens is 1. The molecule has 1 fully saturated rings. The van der Waals surface area contributed by atoms with Gasteiger partial charge in [-0.15, -0.1) is 24.0 Å². The first-order valence-electron chi connectivity index (χ1n) is 11.5. The Hall–Kier alpha value is -1.35. The number of guanidine groups is 1. The number of esters is 1. The average Bonchev–Trinajstić information content (AvgIpc) is 2.75. The Bertz CT molecular complexity index is 642. The predicted molar refractivity (Wildman–Crippen MR) is 139 cm³/mol. The molecule has 0 spiro atoms. The quantitative estimate of drug-likeness (QED) is 0.143. The predicted octanol–water partition coefficient (Wildman–Crippen LogP) is 4.34. The van der Waals surface area contributed by atoms with Crippen molar-refractivity contribution < 1.29 is 9.53 Å². The first-order chi connectivity index (χ1) is 14.6. The van der Waals surface area contributed by atoms with Crippen LogP contribution in [-0.2, 0) is 16.1 Å². The fourth-order valence-electron chi connectivity index (χ4n) is 3.95. The second-order valence-electron chi connectivity index (χ2n) is 8.17. The van der Waals surface area contributed by atoms with Crippen LogP contribution in [0, 0.1) is 0 Å². The van der Waals surface area contributed by atoms with E-state index in [9.17, 15) is 4.79 Å². The smallest absolute Gasteiger partial charge is 0.305 e. The number of hydrogen-bond donors (Lipinski definition) is 2. The number of hydrogen-bond acceptors (Lipinski definition) is 4. The number of methoxy groups -OCH3 is 1. The van der Waals surface area contributed by atoms with Gasteiger partial charge in [-0.2, -0.15) is 0 Å². The van der Waals surface area contributed by atoms with Crippen LogP contribution >= 0.6 is 24.0 Å². The van der Waals surface area contributed by atoms with Gasteiger partial charge >= 0.3 is 5.97 Å².